The number of hydrogen-bond acceptors (Lipinski definition) is 3. The van der Waals surface area contributed by atoms with Gasteiger partial charge in [0.25, 0.3) is 0 Å². The number of aryl methyl sites for hydroxylation is 2. The first-order valence-electron chi connectivity index (χ1n) is 5.78. The maximum Gasteiger partial charge on any atom is 0.173 e. The lowest BCUT2D eigenvalue weighted by Crippen LogP contribution is -2.22. The van der Waals surface area contributed by atoms with Gasteiger partial charge in [-0.25, -0.2) is 8.42 Å². The highest BCUT2D eigenvalue weighted by atomic mass is 32.2. The van der Waals surface area contributed by atoms with E-state index in [9.17, 15) is 8.42 Å². The second-order valence-corrected chi connectivity index (χ2v) is 6.30. The van der Waals surface area contributed by atoms with Crippen LogP contribution in [0.2, 0.25) is 0 Å². The first-order chi connectivity index (χ1) is 8.02. The number of hydrogen-bond donors (Lipinski definition) is 1. The van der Waals surface area contributed by atoms with E-state index in [4.69, 9.17) is 0 Å². The maximum absolute atomic E-state index is 11.3. The summed E-state index contributed by atoms with van der Waals surface area (Å²) in [7, 11) is -2.99. The molecular formula is C13H17NO2S. The van der Waals surface area contributed by atoms with Crippen LogP contribution in [0.3, 0.4) is 0 Å². The summed E-state index contributed by atoms with van der Waals surface area (Å²) >= 11 is 0. The summed E-state index contributed by atoms with van der Waals surface area (Å²) in [6, 6.07) is 6.03. The Bertz CT molecular complexity index is 547. The van der Waals surface area contributed by atoms with E-state index in [1.54, 1.807) is 6.08 Å². The largest absolute Gasteiger partial charge is 0.377 e. The average Bonchev–Trinajstić information content (AvgIpc) is 2.61. The predicted molar refractivity (Wildman–Crippen MR) is 70.9 cm³/mol. The van der Waals surface area contributed by atoms with Gasteiger partial charge in [0.05, 0.1) is 11.8 Å². The lowest BCUT2D eigenvalue weighted by Gasteiger charge is -2.17. The van der Waals surface area contributed by atoms with E-state index in [2.05, 4.69) is 18.3 Å². The Morgan fingerprint density at radius 1 is 1.41 bits per heavy atom. The second-order valence-electron chi connectivity index (χ2n) is 4.37. The van der Waals surface area contributed by atoms with Gasteiger partial charge in [0.2, 0.25) is 0 Å². The number of para-hydroxylation sites is 1. The quantitative estimate of drug-likeness (QED) is 0.896. The highest BCUT2D eigenvalue weighted by molar-refractivity contribution is 7.94. The molecule has 1 aromatic rings. The fourth-order valence-electron chi connectivity index (χ4n) is 2.08. The summed E-state index contributed by atoms with van der Waals surface area (Å²) in [6.45, 7) is 4.13. The highest BCUT2D eigenvalue weighted by Crippen LogP contribution is 2.23. The molecule has 1 N–H and O–H groups in total. The molecule has 0 bridgehead atoms. The van der Waals surface area contributed by atoms with Crippen LogP contribution in [-0.4, -0.2) is 20.2 Å². The summed E-state index contributed by atoms with van der Waals surface area (Å²) in [5.41, 5.74) is 3.45. The van der Waals surface area contributed by atoms with Crippen molar-refractivity contribution < 1.29 is 8.42 Å². The summed E-state index contributed by atoms with van der Waals surface area (Å²) in [4.78, 5) is 0. The first kappa shape index (κ1) is 12.2. The Balaban J connectivity index is 2.23. The minimum atomic E-state index is -2.99. The van der Waals surface area contributed by atoms with Gasteiger partial charge in [-0.3, -0.25) is 0 Å². The van der Waals surface area contributed by atoms with Crippen LogP contribution in [-0.2, 0) is 16.3 Å². The molecule has 92 valence electrons. The van der Waals surface area contributed by atoms with Gasteiger partial charge in [-0.05, 0) is 24.5 Å². The van der Waals surface area contributed by atoms with Crippen LogP contribution in [0, 0.1) is 6.92 Å². The molecule has 17 heavy (non-hydrogen) atoms. The number of benzene rings is 1. The molecule has 0 fully saturated rings. The van der Waals surface area contributed by atoms with Gasteiger partial charge in [-0.1, -0.05) is 31.2 Å². The van der Waals surface area contributed by atoms with E-state index < -0.39 is 9.84 Å². The normalized spacial score (nSPS) is 21.6. The van der Waals surface area contributed by atoms with E-state index in [0.717, 1.165) is 17.7 Å². The Morgan fingerprint density at radius 3 is 2.76 bits per heavy atom. The predicted octanol–water partition coefficient (Wildman–Crippen LogP) is 2.28. The molecule has 1 aromatic carbocycles. The van der Waals surface area contributed by atoms with E-state index in [1.165, 1.54) is 11.0 Å². The average molecular weight is 251 g/mol. The Labute approximate surface area is 102 Å². The van der Waals surface area contributed by atoms with Crippen LogP contribution < -0.4 is 5.32 Å². The molecular weight excluding hydrogens is 234 g/mol. The number of sulfone groups is 1. The SMILES string of the molecule is CCc1cccc(C)c1N[C@H]1C=CS(=O)(=O)C1. The minimum Gasteiger partial charge on any atom is -0.377 e. The molecule has 0 saturated heterocycles. The summed E-state index contributed by atoms with van der Waals surface area (Å²) in [5, 5.41) is 4.62. The zero-order valence-electron chi connectivity index (χ0n) is 10.1. The number of nitrogens with one attached hydrogen (secondary N) is 1. The second kappa shape index (κ2) is 4.53. The van der Waals surface area contributed by atoms with E-state index in [1.807, 2.05) is 19.1 Å². The molecule has 0 aliphatic carbocycles. The van der Waals surface area contributed by atoms with Crippen LogP contribution in [0.15, 0.2) is 29.7 Å². The summed E-state index contributed by atoms with van der Waals surface area (Å²) < 4.78 is 22.7. The summed E-state index contributed by atoms with van der Waals surface area (Å²) in [5.74, 6) is 0.157. The molecule has 0 spiro atoms. The maximum atomic E-state index is 11.3. The molecule has 0 saturated carbocycles. The molecule has 1 aliphatic rings. The Hall–Kier alpha value is -1.29. The smallest absolute Gasteiger partial charge is 0.173 e. The van der Waals surface area contributed by atoms with Crippen molar-refractivity contribution in [3.8, 4) is 0 Å². The van der Waals surface area contributed by atoms with Crippen molar-refractivity contribution in [1.29, 1.82) is 0 Å². The van der Waals surface area contributed by atoms with Crippen molar-refractivity contribution in [3.05, 3.63) is 40.8 Å². The number of rotatable bonds is 3. The summed E-state index contributed by atoms with van der Waals surface area (Å²) in [6.07, 6.45) is 2.66. The zero-order valence-corrected chi connectivity index (χ0v) is 10.9. The van der Waals surface area contributed by atoms with Gasteiger partial charge in [0.1, 0.15) is 0 Å². The van der Waals surface area contributed by atoms with Crippen molar-refractivity contribution in [2.24, 2.45) is 0 Å². The van der Waals surface area contributed by atoms with Crippen LogP contribution >= 0.6 is 0 Å². The molecule has 4 heteroatoms. The van der Waals surface area contributed by atoms with Gasteiger partial charge < -0.3 is 5.32 Å². The van der Waals surface area contributed by atoms with Gasteiger partial charge >= 0.3 is 0 Å². The molecule has 0 unspecified atom stereocenters. The molecule has 2 rings (SSSR count). The zero-order chi connectivity index (χ0) is 12.5. The van der Waals surface area contributed by atoms with Crippen molar-refractivity contribution in [3.63, 3.8) is 0 Å². The standard InChI is InChI=1S/C13H17NO2S/c1-3-11-6-4-5-10(2)13(11)14-12-7-8-17(15,16)9-12/h4-8,12,14H,3,9H2,1-2H3/t12-/m0/s1. The van der Waals surface area contributed by atoms with Crippen LogP contribution in [0.25, 0.3) is 0 Å². The Kier molecular flexibility index (Phi) is 3.24. The molecule has 0 aromatic heterocycles. The van der Waals surface area contributed by atoms with Crippen molar-refractivity contribution in [2.45, 2.75) is 26.3 Å². The van der Waals surface area contributed by atoms with Crippen LogP contribution in [0.1, 0.15) is 18.1 Å². The van der Waals surface area contributed by atoms with Gasteiger partial charge in [0, 0.05) is 11.1 Å². The minimum absolute atomic E-state index is 0.105. The van der Waals surface area contributed by atoms with Gasteiger partial charge in [-0.15, -0.1) is 0 Å². The fourth-order valence-corrected chi connectivity index (χ4v) is 3.32. The van der Waals surface area contributed by atoms with Gasteiger partial charge in [-0.2, -0.15) is 0 Å². The third-order valence-corrected chi connectivity index (χ3v) is 4.40. The molecule has 1 atom stereocenters. The first-order valence-corrected chi connectivity index (χ1v) is 7.49. The van der Waals surface area contributed by atoms with Crippen LogP contribution in [0.5, 0.6) is 0 Å². The lowest BCUT2D eigenvalue weighted by molar-refractivity contribution is 0.605. The molecule has 1 aliphatic heterocycles. The number of anilines is 1. The van der Waals surface area contributed by atoms with E-state index in [-0.39, 0.29) is 11.8 Å². The lowest BCUT2D eigenvalue weighted by atomic mass is 10.1. The Morgan fingerprint density at radius 2 is 2.18 bits per heavy atom. The third kappa shape index (κ3) is 2.69. The van der Waals surface area contributed by atoms with Crippen molar-refractivity contribution >= 4 is 15.5 Å². The fraction of sp³-hybridized carbons (Fsp3) is 0.385. The molecule has 3 nitrogen and oxygen atoms in total. The van der Waals surface area contributed by atoms with Gasteiger partial charge in [0.15, 0.2) is 9.84 Å². The third-order valence-electron chi connectivity index (χ3n) is 3.00. The van der Waals surface area contributed by atoms with E-state index in [0.29, 0.717) is 0 Å². The van der Waals surface area contributed by atoms with Crippen molar-refractivity contribution in [2.75, 3.05) is 11.1 Å². The topological polar surface area (TPSA) is 46.2 Å². The van der Waals surface area contributed by atoms with E-state index >= 15 is 0 Å². The molecule has 1 heterocycles. The molecule has 0 amide bonds. The highest BCUT2D eigenvalue weighted by Gasteiger charge is 2.22. The monoisotopic (exact) mass is 251 g/mol. The van der Waals surface area contributed by atoms with Crippen LogP contribution in [0.4, 0.5) is 5.69 Å². The van der Waals surface area contributed by atoms with Crippen molar-refractivity contribution in [1.82, 2.24) is 0 Å². The molecule has 0 radical (unpaired) electrons.